The molecular formula is C10H20N. The molecule has 0 unspecified atom stereocenters. The molecule has 1 radical (unpaired) electrons. The number of nitrogens with zero attached hydrogens (tertiary/aromatic N) is 1. The fraction of sp³-hybridized carbons (Fsp3) is 1.00. The molecule has 0 N–H and O–H groups in total. The van der Waals surface area contributed by atoms with E-state index in [0.29, 0.717) is 0 Å². The van der Waals surface area contributed by atoms with Crippen molar-refractivity contribution in [1.29, 1.82) is 0 Å². The standard InChI is InChI=1S/C10H20N/c1-2-3-4-5-8-11-9-10-6-7-10/h10H,2-9H2,1H3. The van der Waals surface area contributed by atoms with Gasteiger partial charge >= 0.3 is 0 Å². The zero-order valence-electron chi connectivity index (χ0n) is 7.68. The predicted octanol–water partition coefficient (Wildman–Crippen LogP) is 2.58. The summed E-state index contributed by atoms with van der Waals surface area (Å²) in [5.74, 6) is 0.987. The van der Waals surface area contributed by atoms with E-state index in [-0.39, 0.29) is 0 Å². The lowest BCUT2D eigenvalue weighted by atomic mass is 10.2. The molecule has 0 aliphatic heterocycles. The molecule has 65 valence electrons. The molecule has 1 rings (SSSR count). The molecule has 1 saturated carbocycles. The van der Waals surface area contributed by atoms with Crippen LogP contribution in [0.25, 0.3) is 0 Å². The fourth-order valence-corrected chi connectivity index (χ4v) is 1.22. The third kappa shape index (κ3) is 5.25. The van der Waals surface area contributed by atoms with E-state index in [1.54, 1.807) is 0 Å². The molecule has 1 heteroatoms. The quantitative estimate of drug-likeness (QED) is 0.500. The van der Waals surface area contributed by atoms with Crippen molar-refractivity contribution in [2.24, 2.45) is 5.92 Å². The molecule has 1 fully saturated rings. The van der Waals surface area contributed by atoms with Crippen LogP contribution in [-0.2, 0) is 0 Å². The van der Waals surface area contributed by atoms with Gasteiger partial charge in [0, 0.05) is 13.1 Å². The first-order valence-electron chi connectivity index (χ1n) is 5.06. The van der Waals surface area contributed by atoms with E-state index >= 15 is 0 Å². The molecule has 0 aromatic carbocycles. The average Bonchev–Trinajstić information content (AvgIpc) is 2.80. The van der Waals surface area contributed by atoms with E-state index in [4.69, 9.17) is 0 Å². The highest BCUT2D eigenvalue weighted by Crippen LogP contribution is 2.27. The van der Waals surface area contributed by atoms with E-state index < -0.39 is 0 Å². The topological polar surface area (TPSA) is 14.1 Å². The Kier molecular flexibility index (Phi) is 4.60. The van der Waals surface area contributed by atoms with Gasteiger partial charge in [-0.05, 0) is 25.2 Å². The predicted molar refractivity (Wildman–Crippen MR) is 48.7 cm³/mol. The number of hydrogen-bond donors (Lipinski definition) is 0. The second-order valence-electron chi connectivity index (χ2n) is 3.63. The maximum atomic E-state index is 4.51. The van der Waals surface area contributed by atoms with E-state index in [0.717, 1.165) is 19.0 Å². The van der Waals surface area contributed by atoms with Crippen LogP contribution in [0.3, 0.4) is 0 Å². The lowest BCUT2D eigenvalue weighted by Crippen LogP contribution is -2.09. The highest BCUT2D eigenvalue weighted by Gasteiger charge is 2.20. The summed E-state index contributed by atoms with van der Waals surface area (Å²) in [6.45, 7) is 4.53. The highest BCUT2D eigenvalue weighted by atomic mass is 14.9. The van der Waals surface area contributed by atoms with Gasteiger partial charge < -0.3 is 0 Å². The SMILES string of the molecule is CCCCCC[N]CC1CC1. The lowest BCUT2D eigenvalue weighted by molar-refractivity contribution is 0.570. The maximum Gasteiger partial charge on any atom is 0.0161 e. The summed E-state index contributed by atoms with van der Waals surface area (Å²) in [6.07, 6.45) is 8.31. The number of hydrogen-bond acceptors (Lipinski definition) is 0. The molecule has 0 saturated heterocycles. The minimum absolute atomic E-state index is 0.987. The Bertz CT molecular complexity index is 86.9. The summed E-state index contributed by atoms with van der Waals surface area (Å²) in [5.41, 5.74) is 0. The summed E-state index contributed by atoms with van der Waals surface area (Å²) in [5, 5.41) is 4.51. The van der Waals surface area contributed by atoms with Gasteiger partial charge in [0.25, 0.3) is 0 Å². The number of rotatable bonds is 7. The Labute approximate surface area is 70.6 Å². The molecule has 0 aromatic rings. The maximum absolute atomic E-state index is 4.51. The van der Waals surface area contributed by atoms with Crippen LogP contribution >= 0.6 is 0 Å². The van der Waals surface area contributed by atoms with Crippen molar-refractivity contribution < 1.29 is 0 Å². The van der Waals surface area contributed by atoms with Crippen molar-refractivity contribution in [2.45, 2.75) is 45.4 Å². The minimum atomic E-state index is 0.987. The van der Waals surface area contributed by atoms with Crippen molar-refractivity contribution in [3.05, 3.63) is 0 Å². The minimum Gasteiger partial charge on any atom is -0.242 e. The van der Waals surface area contributed by atoms with Crippen molar-refractivity contribution in [3.63, 3.8) is 0 Å². The Morgan fingerprint density at radius 2 is 2.00 bits per heavy atom. The van der Waals surface area contributed by atoms with Crippen LogP contribution in [0, 0.1) is 5.92 Å². The van der Waals surface area contributed by atoms with Crippen LogP contribution in [0.2, 0.25) is 0 Å². The van der Waals surface area contributed by atoms with Crippen LogP contribution in [-0.4, -0.2) is 13.1 Å². The van der Waals surface area contributed by atoms with Gasteiger partial charge in [0.15, 0.2) is 0 Å². The van der Waals surface area contributed by atoms with Gasteiger partial charge in [-0.2, -0.15) is 0 Å². The summed E-state index contributed by atoms with van der Waals surface area (Å²) in [6, 6.07) is 0. The van der Waals surface area contributed by atoms with E-state index in [2.05, 4.69) is 12.2 Å². The van der Waals surface area contributed by atoms with Crippen molar-refractivity contribution >= 4 is 0 Å². The van der Waals surface area contributed by atoms with Gasteiger partial charge in [-0.3, -0.25) is 0 Å². The van der Waals surface area contributed by atoms with Crippen molar-refractivity contribution in [2.75, 3.05) is 13.1 Å². The number of unbranched alkanes of at least 4 members (excludes halogenated alkanes) is 3. The van der Waals surface area contributed by atoms with Crippen LogP contribution in [0.15, 0.2) is 0 Å². The van der Waals surface area contributed by atoms with Gasteiger partial charge in [0.05, 0.1) is 0 Å². The summed E-state index contributed by atoms with van der Waals surface area (Å²) in [7, 11) is 0. The first-order valence-corrected chi connectivity index (χ1v) is 5.06. The molecule has 0 heterocycles. The van der Waals surface area contributed by atoms with Crippen molar-refractivity contribution in [3.8, 4) is 0 Å². The van der Waals surface area contributed by atoms with Gasteiger partial charge in [0.1, 0.15) is 0 Å². The third-order valence-electron chi connectivity index (χ3n) is 2.25. The molecule has 11 heavy (non-hydrogen) atoms. The summed E-state index contributed by atoms with van der Waals surface area (Å²) < 4.78 is 0. The normalized spacial score (nSPS) is 17.2. The zero-order valence-corrected chi connectivity index (χ0v) is 7.68. The van der Waals surface area contributed by atoms with Gasteiger partial charge in [-0.25, -0.2) is 5.32 Å². The Morgan fingerprint density at radius 3 is 2.64 bits per heavy atom. The first kappa shape index (κ1) is 9.05. The Hall–Kier alpha value is -0.0400. The second-order valence-corrected chi connectivity index (χ2v) is 3.63. The van der Waals surface area contributed by atoms with E-state index in [1.807, 2.05) is 0 Å². The average molecular weight is 154 g/mol. The Morgan fingerprint density at radius 1 is 1.18 bits per heavy atom. The molecule has 1 aliphatic carbocycles. The molecule has 1 aliphatic rings. The highest BCUT2D eigenvalue weighted by molar-refractivity contribution is 4.74. The van der Waals surface area contributed by atoms with Gasteiger partial charge in [0.2, 0.25) is 0 Å². The van der Waals surface area contributed by atoms with Crippen LogP contribution < -0.4 is 5.32 Å². The van der Waals surface area contributed by atoms with Crippen LogP contribution in [0.1, 0.15) is 45.4 Å². The van der Waals surface area contributed by atoms with E-state index in [9.17, 15) is 0 Å². The third-order valence-corrected chi connectivity index (χ3v) is 2.25. The lowest BCUT2D eigenvalue weighted by Gasteiger charge is -1.99. The summed E-state index contributed by atoms with van der Waals surface area (Å²) >= 11 is 0. The van der Waals surface area contributed by atoms with Gasteiger partial charge in [-0.15, -0.1) is 0 Å². The van der Waals surface area contributed by atoms with Crippen LogP contribution in [0.5, 0.6) is 0 Å². The van der Waals surface area contributed by atoms with Crippen LogP contribution in [0.4, 0.5) is 0 Å². The first-order chi connectivity index (χ1) is 5.43. The molecule has 0 bridgehead atoms. The summed E-state index contributed by atoms with van der Waals surface area (Å²) in [4.78, 5) is 0. The zero-order chi connectivity index (χ0) is 7.94. The molecule has 0 aromatic heterocycles. The second kappa shape index (κ2) is 5.59. The van der Waals surface area contributed by atoms with Gasteiger partial charge in [-0.1, -0.05) is 26.2 Å². The molecule has 0 amide bonds. The molecule has 0 spiro atoms. The molecule has 0 atom stereocenters. The Balaban J connectivity index is 1.66. The smallest absolute Gasteiger partial charge is 0.0161 e. The fourth-order valence-electron chi connectivity index (χ4n) is 1.22. The molecule has 1 nitrogen and oxygen atoms in total. The monoisotopic (exact) mass is 154 g/mol. The molecular weight excluding hydrogens is 134 g/mol. The van der Waals surface area contributed by atoms with E-state index in [1.165, 1.54) is 38.5 Å². The largest absolute Gasteiger partial charge is 0.242 e. The van der Waals surface area contributed by atoms with Crippen molar-refractivity contribution in [1.82, 2.24) is 5.32 Å².